The normalized spacial score (nSPS) is 10.8. The molecule has 2 aromatic carbocycles. The van der Waals surface area contributed by atoms with E-state index < -0.39 is 0 Å². The van der Waals surface area contributed by atoms with Crippen LogP contribution in [-0.2, 0) is 0 Å². The smallest absolute Gasteiger partial charge is 0.183 e. The van der Waals surface area contributed by atoms with Crippen molar-refractivity contribution in [2.75, 3.05) is 5.73 Å². The van der Waals surface area contributed by atoms with Gasteiger partial charge in [0, 0.05) is 11.1 Å². The van der Waals surface area contributed by atoms with Crippen molar-refractivity contribution in [3.05, 3.63) is 60.7 Å². The second kappa shape index (κ2) is 5.74. The third-order valence-electron chi connectivity index (χ3n) is 3.67. The number of benzene rings is 2. The fraction of sp³-hybridized carbons (Fsp3) is 0. The number of nitrogens with zero attached hydrogens (tertiary/aromatic N) is 4. The largest absolute Gasteiger partial charge is 0.382 e. The molecule has 6 heteroatoms. The summed E-state index contributed by atoms with van der Waals surface area (Å²) < 4.78 is 0. The molecule has 0 aliphatic carbocycles. The van der Waals surface area contributed by atoms with Crippen LogP contribution in [0.1, 0.15) is 0 Å². The Hall–Kier alpha value is -3.28. The molecule has 0 saturated carbocycles. The molecular weight excluding hydrogens is 297 g/mol. The van der Waals surface area contributed by atoms with Gasteiger partial charge in [-0.3, -0.25) is 0 Å². The summed E-state index contributed by atoms with van der Waals surface area (Å²) in [5.74, 6) is 0.224. The van der Waals surface area contributed by atoms with Gasteiger partial charge in [-0.15, -0.1) is 0 Å². The van der Waals surface area contributed by atoms with Crippen molar-refractivity contribution < 1.29 is 0 Å². The number of rotatable bonds is 2. The molecule has 112 valence electrons. The molecule has 0 aliphatic rings. The van der Waals surface area contributed by atoms with E-state index in [0.717, 1.165) is 22.5 Å². The summed E-state index contributed by atoms with van der Waals surface area (Å²) >= 11 is 0. The molecule has 2 heterocycles. The Morgan fingerprint density at radius 3 is 1.79 bits per heavy atom. The summed E-state index contributed by atoms with van der Waals surface area (Å²) in [4.78, 5) is 17.5. The van der Waals surface area contributed by atoms with Crippen LogP contribution < -0.4 is 11.5 Å². The first kappa shape index (κ1) is 14.3. The minimum Gasteiger partial charge on any atom is -0.382 e. The lowest BCUT2D eigenvalue weighted by atomic mass is 10.0. The summed E-state index contributed by atoms with van der Waals surface area (Å²) in [6, 6.07) is 19.7. The number of nitrogen functional groups attached to an aromatic ring is 1. The molecule has 0 amide bonds. The van der Waals surface area contributed by atoms with Gasteiger partial charge in [0.05, 0.1) is 17.1 Å². The maximum Gasteiger partial charge on any atom is 0.183 e. The van der Waals surface area contributed by atoms with Crippen LogP contribution in [0.2, 0.25) is 0 Å². The number of nitrogens with two attached hydrogens (primary N) is 1. The number of hydrogen-bond acceptors (Lipinski definition) is 5. The lowest BCUT2D eigenvalue weighted by Crippen LogP contribution is -2.17. The van der Waals surface area contributed by atoms with Crippen molar-refractivity contribution >= 4 is 30.6 Å². The SMILES string of the molecule is [B]c1nc(N)c2nc(-c3ccccc3)c(-c3ccccc3)nc2n1. The average Bonchev–Trinajstić information content (AvgIpc) is 2.62. The van der Waals surface area contributed by atoms with Gasteiger partial charge < -0.3 is 5.73 Å². The number of aromatic nitrogens is 4. The van der Waals surface area contributed by atoms with E-state index in [1.54, 1.807) is 0 Å². The van der Waals surface area contributed by atoms with E-state index in [0.29, 0.717) is 11.2 Å². The van der Waals surface area contributed by atoms with E-state index in [-0.39, 0.29) is 11.5 Å². The fourth-order valence-corrected chi connectivity index (χ4v) is 2.58. The molecule has 0 saturated heterocycles. The molecule has 0 bridgehead atoms. The summed E-state index contributed by atoms with van der Waals surface area (Å²) in [6.45, 7) is 0. The molecule has 0 atom stereocenters. The first-order valence-corrected chi connectivity index (χ1v) is 7.44. The lowest BCUT2D eigenvalue weighted by molar-refractivity contribution is 1.20. The fourth-order valence-electron chi connectivity index (χ4n) is 2.58. The Balaban J connectivity index is 2.08. The first-order chi connectivity index (χ1) is 11.7. The average molecular weight is 309 g/mol. The summed E-state index contributed by atoms with van der Waals surface area (Å²) in [5.41, 5.74) is 10.2. The van der Waals surface area contributed by atoms with Gasteiger partial charge in [-0.25, -0.2) is 19.9 Å². The Bertz CT molecular complexity index is 1020. The van der Waals surface area contributed by atoms with E-state index in [9.17, 15) is 0 Å². The molecule has 2 N–H and O–H groups in total. The zero-order valence-corrected chi connectivity index (χ0v) is 12.7. The topological polar surface area (TPSA) is 77.6 Å². The van der Waals surface area contributed by atoms with Crippen molar-refractivity contribution in [3.63, 3.8) is 0 Å². The van der Waals surface area contributed by atoms with Crippen LogP contribution in [0.25, 0.3) is 33.7 Å². The van der Waals surface area contributed by atoms with Crippen LogP contribution in [0.5, 0.6) is 0 Å². The highest BCUT2D eigenvalue weighted by molar-refractivity contribution is 6.29. The van der Waals surface area contributed by atoms with E-state index in [2.05, 4.69) is 15.0 Å². The molecule has 24 heavy (non-hydrogen) atoms. The molecule has 2 aromatic heterocycles. The minimum absolute atomic E-state index is 0.0840. The predicted octanol–water partition coefficient (Wildman–Crippen LogP) is 2.13. The Morgan fingerprint density at radius 2 is 1.21 bits per heavy atom. The highest BCUT2D eigenvalue weighted by atomic mass is 15.0. The predicted molar refractivity (Wildman–Crippen MR) is 95.8 cm³/mol. The van der Waals surface area contributed by atoms with Crippen LogP contribution in [0.4, 0.5) is 5.82 Å². The van der Waals surface area contributed by atoms with Gasteiger partial charge in [-0.1, -0.05) is 60.7 Å². The van der Waals surface area contributed by atoms with Gasteiger partial charge in [-0.05, 0) is 0 Å². The van der Waals surface area contributed by atoms with Crippen molar-refractivity contribution in [2.45, 2.75) is 0 Å². The van der Waals surface area contributed by atoms with Crippen LogP contribution in [-0.4, -0.2) is 27.8 Å². The molecule has 0 aliphatic heterocycles. The van der Waals surface area contributed by atoms with Gasteiger partial charge >= 0.3 is 0 Å². The number of hydrogen-bond donors (Lipinski definition) is 1. The van der Waals surface area contributed by atoms with Gasteiger partial charge in [-0.2, -0.15) is 0 Å². The Labute approximate surface area is 140 Å². The van der Waals surface area contributed by atoms with E-state index >= 15 is 0 Å². The van der Waals surface area contributed by atoms with Crippen LogP contribution in [0.15, 0.2) is 60.7 Å². The molecule has 0 spiro atoms. The number of anilines is 1. The van der Waals surface area contributed by atoms with Gasteiger partial charge in [0.1, 0.15) is 0 Å². The second-order valence-electron chi connectivity index (χ2n) is 5.29. The maximum absolute atomic E-state index is 5.96. The molecule has 2 radical (unpaired) electrons. The standard InChI is InChI=1S/C18H12BN5/c19-18-23-16(20)15-17(24-18)22-14(12-9-5-2-6-10-12)13(21-15)11-7-3-1-4-8-11/h1-10H,(H2,20,22,23,24). The quantitative estimate of drug-likeness (QED) is 0.574. The zero-order chi connectivity index (χ0) is 16.5. The Kier molecular flexibility index (Phi) is 3.42. The molecule has 4 rings (SSSR count). The minimum atomic E-state index is 0.0840. The van der Waals surface area contributed by atoms with Gasteiger partial charge in [0.2, 0.25) is 0 Å². The van der Waals surface area contributed by atoms with Gasteiger partial charge in [0.25, 0.3) is 0 Å². The van der Waals surface area contributed by atoms with Crippen molar-refractivity contribution in [1.29, 1.82) is 0 Å². The second-order valence-corrected chi connectivity index (χ2v) is 5.29. The van der Waals surface area contributed by atoms with Crippen LogP contribution in [0, 0.1) is 0 Å². The summed E-state index contributed by atoms with van der Waals surface area (Å²) in [6.07, 6.45) is 0. The molecule has 4 aromatic rings. The van der Waals surface area contributed by atoms with E-state index in [1.807, 2.05) is 60.7 Å². The maximum atomic E-state index is 5.96. The summed E-state index contributed by atoms with van der Waals surface area (Å²) in [5, 5.41) is 0. The first-order valence-electron chi connectivity index (χ1n) is 7.44. The zero-order valence-electron chi connectivity index (χ0n) is 12.7. The molecule has 0 unspecified atom stereocenters. The van der Waals surface area contributed by atoms with Crippen molar-refractivity contribution in [3.8, 4) is 22.5 Å². The van der Waals surface area contributed by atoms with Crippen molar-refractivity contribution in [1.82, 2.24) is 19.9 Å². The van der Waals surface area contributed by atoms with Crippen molar-refractivity contribution in [2.24, 2.45) is 0 Å². The number of fused-ring (bicyclic) bond motifs is 1. The third kappa shape index (κ3) is 2.48. The Morgan fingerprint density at radius 1 is 0.667 bits per heavy atom. The van der Waals surface area contributed by atoms with Crippen LogP contribution >= 0.6 is 0 Å². The third-order valence-corrected chi connectivity index (χ3v) is 3.67. The lowest BCUT2D eigenvalue weighted by Gasteiger charge is -2.11. The highest BCUT2D eigenvalue weighted by Crippen LogP contribution is 2.30. The summed E-state index contributed by atoms with van der Waals surface area (Å²) in [7, 11) is 5.69. The molecule has 0 fully saturated rings. The van der Waals surface area contributed by atoms with Crippen LogP contribution in [0.3, 0.4) is 0 Å². The van der Waals surface area contributed by atoms with Gasteiger partial charge in [0.15, 0.2) is 24.8 Å². The molecule has 5 nitrogen and oxygen atoms in total. The molecular formula is C18H12BN5. The highest BCUT2D eigenvalue weighted by Gasteiger charge is 2.15. The van der Waals surface area contributed by atoms with E-state index in [1.165, 1.54) is 0 Å². The van der Waals surface area contributed by atoms with E-state index in [4.69, 9.17) is 18.6 Å². The monoisotopic (exact) mass is 309 g/mol.